The van der Waals surface area contributed by atoms with E-state index in [0.29, 0.717) is 30.0 Å². The number of furan rings is 1. The Balaban J connectivity index is 1.79. The van der Waals surface area contributed by atoms with Crippen molar-refractivity contribution in [2.24, 2.45) is 5.92 Å². The Bertz CT molecular complexity index is 781. The first-order valence-electron chi connectivity index (χ1n) is 8.64. The Kier molecular flexibility index (Phi) is 4.97. The molecular weight excluding hydrogens is 320 g/mol. The summed E-state index contributed by atoms with van der Waals surface area (Å²) < 4.78 is 10.8. The summed E-state index contributed by atoms with van der Waals surface area (Å²) in [6.07, 6.45) is 3.21. The molecule has 1 N–H and O–H groups in total. The van der Waals surface area contributed by atoms with Crippen LogP contribution in [-0.2, 0) is 4.79 Å². The zero-order valence-corrected chi connectivity index (χ0v) is 14.9. The Morgan fingerprint density at radius 3 is 2.88 bits per heavy atom. The highest BCUT2D eigenvalue weighted by Gasteiger charge is 2.29. The molecule has 1 aliphatic rings. The van der Waals surface area contributed by atoms with Crippen LogP contribution in [0.4, 0.5) is 0 Å². The summed E-state index contributed by atoms with van der Waals surface area (Å²) in [6.45, 7) is 4.97. The number of fused-ring (bicyclic) bond motifs is 1. The fraction of sp³-hybridized carbons (Fsp3) is 0.474. The summed E-state index contributed by atoms with van der Waals surface area (Å²) in [7, 11) is 1.57. The van der Waals surface area contributed by atoms with Crippen LogP contribution >= 0.6 is 0 Å². The van der Waals surface area contributed by atoms with Crippen molar-refractivity contribution in [3.8, 4) is 5.75 Å². The van der Waals surface area contributed by atoms with Crippen LogP contribution in [0.25, 0.3) is 11.0 Å². The normalized spacial score (nSPS) is 17.8. The third kappa shape index (κ3) is 3.62. The lowest BCUT2D eigenvalue weighted by Gasteiger charge is -2.32. The Morgan fingerprint density at radius 2 is 2.16 bits per heavy atom. The van der Waals surface area contributed by atoms with Gasteiger partial charge in [0, 0.05) is 24.7 Å². The predicted octanol–water partition coefficient (Wildman–Crippen LogP) is 2.82. The number of nitrogens with one attached hydrogen (secondary N) is 1. The van der Waals surface area contributed by atoms with Crippen LogP contribution in [0.1, 0.15) is 37.0 Å². The van der Waals surface area contributed by atoms with E-state index in [4.69, 9.17) is 9.15 Å². The van der Waals surface area contributed by atoms with Crippen molar-refractivity contribution in [2.45, 2.75) is 32.7 Å². The molecule has 1 aromatic carbocycles. The van der Waals surface area contributed by atoms with E-state index in [1.54, 1.807) is 30.4 Å². The molecule has 0 saturated carbocycles. The fourth-order valence-corrected chi connectivity index (χ4v) is 3.29. The van der Waals surface area contributed by atoms with Crippen LogP contribution in [0.2, 0.25) is 0 Å². The highest BCUT2D eigenvalue weighted by atomic mass is 16.5. The number of likely N-dealkylation sites (tertiary alicyclic amines) is 1. The van der Waals surface area contributed by atoms with Gasteiger partial charge in [0.2, 0.25) is 5.91 Å². The van der Waals surface area contributed by atoms with Crippen molar-refractivity contribution in [1.29, 1.82) is 0 Å². The third-order valence-corrected chi connectivity index (χ3v) is 4.51. The van der Waals surface area contributed by atoms with Gasteiger partial charge >= 0.3 is 0 Å². The quantitative estimate of drug-likeness (QED) is 0.926. The van der Waals surface area contributed by atoms with Gasteiger partial charge in [-0.1, -0.05) is 0 Å². The monoisotopic (exact) mass is 344 g/mol. The Labute approximate surface area is 147 Å². The first kappa shape index (κ1) is 17.3. The third-order valence-electron chi connectivity index (χ3n) is 4.51. The van der Waals surface area contributed by atoms with E-state index in [9.17, 15) is 9.59 Å². The Hall–Kier alpha value is -2.50. The van der Waals surface area contributed by atoms with Gasteiger partial charge in [0.05, 0.1) is 24.7 Å². The van der Waals surface area contributed by atoms with Crippen molar-refractivity contribution in [3.05, 3.63) is 30.0 Å². The van der Waals surface area contributed by atoms with Gasteiger partial charge in [0.1, 0.15) is 11.3 Å². The van der Waals surface area contributed by atoms with Crippen LogP contribution in [0.3, 0.4) is 0 Å². The molecule has 25 heavy (non-hydrogen) atoms. The molecule has 0 aliphatic carbocycles. The molecule has 1 aliphatic heterocycles. The minimum absolute atomic E-state index is 0.0200. The van der Waals surface area contributed by atoms with Gasteiger partial charge in [0.25, 0.3) is 5.91 Å². The van der Waals surface area contributed by atoms with Gasteiger partial charge < -0.3 is 19.4 Å². The van der Waals surface area contributed by atoms with E-state index in [1.807, 2.05) is 19.9 Å². The van der Waals surface area contributed by atoms with Gasteiger partial charge in [-0.2, -0.15) is 0 Å². The molecule has 2 heterocycles. The number of carbonyl (C=O) groups excluding carboxylic acids is 2. The molecule has 1 atom stereocenters. The largest absolute Gasteiger partial charge is 0.496 e. The first-order chi connectivity index (χ1) is 12.0. The predicted molar refractivity (Wildman–Crippen MR) is 94.7 cm³/mol. The standard InChI is InChI=1S/C19H24N2O4/c1-12(2)20-18(22)13-5-4-7-21(11-13)19(23)14-9-16(24-3)15-6-8-25-17(15)10-14/h6,8-10,12-13H,4-5,7,11H2,1-3H3,(H,20,22). The van der Waals surface area contributed by atoms with E-state index in [2.05, 4.69) is 5.32 Å². The number of ether oxygens (including phenoxy) is 1. The summed E-state index contributed by atoms with van der Waals surface area (Å²) >= 11 is 0. The molecule has 0 spiro atoms. The van der Waals surface area contributed by atoms with Gasteiger partial charge in [0.15, 0.2) is 0 Å². The van der Waals surface area contributed by atoms with E-state index in [1.165, 1.54) is 0 Å². The van der Waals surface area contributed by atoms with Crippen molar-refractivity contribution >= 4 is 22.8 Å². The number of amides is 2. The van der Waals surface area contributed by atoms with Gasteiger partial charge in [-0.15, -0.1) is 0 Å². The molecule has 0 radical (unpaired) electrons. The Morgan fingerprint density at radius 1 is 1.36 bits per heavy atom. The van der Waals surface area contributed by atoms with Crippen LogP contribution in [-0.4, -0.2) is 43.0 Å². The number of hydrogen-bond donors (Lipinski definition) is 1. The molecule has 2 aromatic rings. The molecule has 1 unspecified atom stereocenters. The van der Waals surface area contributed by atoms with E-state index in [-0.39, 0.29) is 23.8 Å². The molecule has 1 saturated heterocycles. The maximum absolute atomic E-state index is 12.9. The van der Waals surface area contributed by atoms with E-state index in [0.717, 1.165) is 18.2 Å². The summed E-state index contributed by atoms with van der Waals surface area (Å²) in [5.41, 5.74) is 1.14. The second-order valence-electron chi connectivity index (χ2n) is 6.76. The zero-order chi connectivity index (χ0) is 18.0. The number of piperidine rings is 1. The summed E-state index contributed by atoms with van der Waals surface area (Å²) in [6, 6.07) is 5.38. The summed E-state index contributed by atoms with van der Waals surface area (Å²) in [5, 5.41) is 3.78. The summed E-state index contributed by atoms with van der Waals surface area (Å²) in [4.78, 5) is 26.9. The van der Waals surface area contributed by atoms with Crippen LogP contribution < -0.4 is 10.1 Å². The van der Waals surface area contributed by atoms with Crippen LogP contribution in [0.15, 0.2) is 28.9 Å². The maximum atomic E-state index is 12.9. The van der Waals surface area contributed by atoms with Gasteiger partial charge in [-0.25, -0.2) is 0 Å². The second kappa shape index (κ2) is 7.17. The topological polar surface area (TPSA) is 71.8 Å². The number of benzene rings is 1. The van der Waals surface area contributed by atoms with Crippen molar-refractivity contribution in [3.63, 3.8) is 0 Å². The van der Waals surface area contributed by atoms with Crippen LogP contribution in [0.5, 0.6) is 5.75 Å². The molecule has 2 amide bonds. The molecule has 1 aromatic heterocycles. The first-order valence-corrected chi connectivity index (χ1v) is 8.64. The number of nitrogens with zero attached hydrogens (tertiary/aromatic N) is 1. The molecule has 0 bridgehead atoms. The number of methoxy groups -OCH3 is 1. The SMILES string of the molecule is COc1cc(C(=O)N2CCCC(C(=O)NC(C)C)C2)cc2occc12. The smallest absolute Gasteiger partial charge is 0.254 e. The second-order valence-corrected chi connectivity index (χ2v) is 6.76. The van der Waals surface area contributed by atoms with Crippen molar-refractivity contribution in [2.75, 3.05) is 20.2 Å². The molecule has 6 nitrogen and oxygen atoms in total. The molecule has 134 valence electrons. The van der Waals surface area contributed by atoms with Crippen molar-refractivity contribution in [1.82, 2.24) is 10.2 Å². The van der Waals surface area contributed by atoms with E-state index < -0.39 is 0 Å². The van der Waals surface area contributed by atoms with Gasteiger partial charge in [-0.3, -0.25) is 9.59 Å². The number of rotatable bonds is 4. The lowest BCUT2D eigenvalue weighted by Crippen LogP contribution is -2.46. The lowest BCUT2D eigenvalue weighted by atomic mass is 9.96. The zero-order valence-electron chi connectivity index (χ0n) is 14.9. The average molecular weight is 344 g/mol. The van der Waals surface area contributed by atoms with Crippen molar-refractivity contribution < 1.29 is 18.7 Å². The fourth-order valence-electron chi connectivity index (χ4n) is 3.29. The molecular formula is C19H24N2O4. The molecule has 1 fully saturated rings. The highest BCUT2D eigenvalue weighted by Crippen LogP contribution is 2.29. The minimum atomic E-state index is -0.158. The van der Waals surface area contributed by atoms with E-state index >= 15 is 0 Å². The summed E-state index contributed by atoms with van der Waals surface area (Å²) in [5.74, 6) is 0.375. The average Bonchev–Trinajstić information content (AvgIpc) is 3.08. The minimum Gasteiger partial charge on any atom is -0.496 e. The van der Waals surface area contributed by atoms with Gasteiger partial charge in [-0.05, 0) is 44.9 Å². The molecule has 3 rings (SSSR count). The maximum Gasteiger partial charge on any atom is 0.254 e. The number of carbonyl (C=O) groups is 2. The van der Waals surface area contributed by atoms with Crippen LogP contribution in [0, 0.1) is 5.92 Å². The number of hydrogen-bond acceptors (Lipinski definition) is 4. The lowest BCUT2D eigenvalue weighted by molar-refractivity contribution is -0.126. The molecule has 6 heteroatoms. The highest BCUT2D eigenvalue weighted by molar-refractivity contribution is 5.99.